The summed E-state index contributed by atoms with van der Waals surface area (Å²) in [5.41, 5.74) is 0. The van der Waals surface area contributed by atoms with Gasteiger partial charge in [0.1, 0.15) is 6.61 Å². The van der Waals surface area contributed by atoms with Gasteiger partial charge in [-0.1, -0.05) is 15.9 Å². The molecular formula is C10H10BrNO2. The molecule has 0 bridgehead atoms. The Morgan fingerprint density at radius 3 is 2.86 bits per heavy atom. The predicted octanol–water partition coefficient (Wildman–Crippen LogP) is 2.75. The molecule has 74 valence electrons. The molecule has 0 aliphatic heterocycles. The molecule has 14 heavy (non-hydrogen) atoms. The number of hydrogen-bond acceptors (Lipinski definition) is 3. The Kier molecular flexibility index (Phi) is 4.27. The maximum absolute atomic E-state index is 8.35. The van der Waals surface area contributed by atoms with Crippen molar-refractivity contribution in [2.24, 2.45) is 0 Å². The normalized spacial score (nSPS) is 9.21. The summed E-state index contributed by atoms with van der Waals surface area (Å²) in [5.74, 6) is 1.32. The van der Waals surface area contributed by atoms with Crippen LogP contribution in [0.5, 0.6) is 11.5 Å². The Balaban J connectivity index is 2.73. The summed E-state index contributed by atoms with van der Waals surface area (Å²) in [6.07, 6.45) is 0.371. The molecule has 4 heteroatoms. The van der Waals surface area contributed by atoms with Crippen LogP contribution in [0.15, 0.2) is 22.7 Å². The van der Waals surface area contributed by atoms with Gasteiger partial charge in [-0.25, -0.2) is 0 Å². The van der Waals surface area contributed by atoms with Crippen molar-refractivity contribution in [1.82, 2.24) is 0 Å². The van der Waals surface area contributed by atoms with Crippen molar-refractivity contribution in [3.63, 3.8) is 0 Å². The Bertz CT molecular complexity index is 346. The molecule has 0 aliphatic carbocycles. The lowest BCUT2D eigenvalue weighted by Gasteiger charge is -2.09. The molecule has 0 fully saturated rings. The molecule has 0 saturated carbocycles. The maximum Gasteiger partial charge on any atom is 0.162 e. The predicted molar refractivity (Wildman–Crippen MR) is 56.4 cm³/mol. The smallest absolute Gasteiger partial charge is 0.162 e. The second kappa shape index (κ2) is 5.51. The molecule has 0 spiro atoms. The van der Waals surface area contributed by atoms with E-state index in [1.54, 1.807) is 7.11 Å². The first-order valence-electron chi connectivity index (χ1n) is 4.11. The minimum atomic E-state index is 0.371. The minimum Gasteiger partial charge on any atom is -0.493 e. The molecule has 0 saturated heterocycles. The molecule has 0 aliphatic rings. The van der Waals surface area contributed by atoms with Crippen molar-refractivity contribution in [2.75, 3.05) is 13.7 Å². The summed E-state index contributed by atoms with van der Waals surface area (Å²) in [5, 5.41) is 8.35. The zero-order valence-corrected chi connectivity index (χ0v) is 9.37. The largest absolute Gasteiger partial charge is 0.493 e. The van der Waals surface area contributed by atoms with Gasteiger partial charge in [0.05, 0.1) is 19.6 Å². The lowest BCUT2D eigenvalue weighted by molar-refractivity contribution is 0.301. The zero-order chi connectivity index (χ0) is 10.4. The van der Waals surface area contributed by atoms with Gasteiger partial charge >= 0.3 is 0 Å². The van der Waals surface area contributed by atoms with Crippen LogP contribution in [-0.2, 0) is 0 Å². The Labute approximate surface area is 91.4 Å². The van der Waals surface area contributed by atoms with E-state index in [4.69, 9.17) is 14.7 Å². The summed E-state index contributed by atoms with van der Waals surface area (Å²) in [7, 11) is 1.58. The average molecular weight is 256 g/mol. The van der Waals surface area contributed by atoms with Crippen LogP contribution < -0.4 is 9.47 Å². The van der Waals surface area contributed by atoms with Crippen LogP contribution >= 0.6 is 15.9 Å². The summed E-state index contributed by atoms with van der Waals surface area (Å²) in [4.78, 5) is 0. The van der Waals surface area contributed by atoms with Crippen molar-refractivity contribution in [2.45, 2.75) is 6.42 Å². The van der Waals surface area contributed by atoms with Crippen molar-refractivity contribution in [3.05, 3.63) is 22.7 Å². The summed E-state index contributed by atoms with van der Waals surface area (Å²) < 4.78 is 11.4. The lowest BCUT2D eigenvalue weighted by Crippen LogP contribution is -1.98. The van der Waals surface area contributed by atoms with Crippen LogP contribution in [-0.4, -0.2) is 13.7 Å². The molecule has 1 rings (SSSR count). The fourth-order valence-corrected chi connectivity index (χ4v) is 1.31. The van der Waals surface area contributed by atoms with Crippen molar-refractivity contribution < 1.29 is 9.47 Å². The average Bonchev–Trinajstić information content (AvgIpc) is 2.19. The van der Waals surface area contributed by atoms with Gasteiger partial charge in [-0.2, -0.15) is 5.26 Å². The van der Waals surface area contributed by atoms with Gasteiger partial charge in [0, 0.05) is 4.47 Å². The Morgan fingerprint density at radius 2 is 2.21 bits per heavy atom. The molecule has 0 heterocycles. The molecule has 1 aromatic rings. The molecule has 0 amide bonds. The van der Waals surface area contributed by atoms with Crippen LogP contribution in [0.4, 0.5) is 0 Å². The van der Waals surface area contributed by atoms with E-state index in [1.807, 2.05) is 24.3 Å². The van der Waals surface area contributed by atoms with Crippen LogP contribution in [0.2, 0.25) is 0 Å². The second-order valence-electron chi connectivity index (χ2n) is 2.55. The summed E-state index contributed by atoms with van der Waals surface area (Å²) >= 11 is 3.33. The fraction of sp³-hybridized carbons (Fsp3) is 0.300. The number of benzene rings is 1. The van der Waals surface area contributed by atoms with Crippen molar-refractivity contribution in [1.29, 1.82) is 5.26 Å². The first-order chi connectivity index (χ1) is 6.77. The van der Waals surface area contributed by atoms with Crippen LogP contribution in [0.1, 0.15) is 6.42 Å². The Morgan fingerprint density at radius 1 is 1.43 bits per heavy atom. The third-order valence-electron chi connectivity index (χ3n) is 1.60. The standard InChI is InChI=1S/C10H10BrNO2/c1-13-9-4-3-8(11)7-10(9)14-6-2-5-12/h3-4,7H,2,6H2,1H3. The number of methoxy groups -OCH3 is 1. The number of hydrogen-bond donors (Lipinski definition) is 0. The van der Waals surface area contributed by atoms with E-state index in [9.17, 15) is 0 Å². The molecule has 1 aromatic carbocycles. The van der Waals surface area contributed by atoms with Crippen molar-refractivity contribution >= 4 is 15.9 Å². The highest BCUT2D eigenvalue weighted by Gasteiger charge is 2.03. The monoisotopic (exact) mass is 255 g/mol. The third kappa shape index (κ3) is 2.93. The highest BCUT2D eigenvalue weighted by atomic mass is 79.9. The van der Waals surface area contributed by atoms with E-state index in [1.165, 1.54) is 0 Å². The van der Waals surface area contributed by atoms with Gasteiger partial charge in [0.15, 0.2) is 11.5 Å². The summed E-state index contributed by atoms with van der Waals surface area (Å²) in [6.45, 7) is 0.378. The molecular weight excluding hydrogens is 246 g/mol. The Hall–Kier alpha value is -1.21. The van der Waals surface area contributed by atoms with Crippen molar-refractivity contribution in [3.8, 4) is 17.6 Å². The quantitative estimate of drug-likeness (QED) is 0.778. The van der Waals surface area contributed by atoms with Gasteiger partial charge in [-0.3, -0.25) is 0 Å². The highest BCUT2D eigenvalue weighted by molar-refractivity contribution is 9.10. The van der Waals surface area contributed by atoms with Gasteiger partial charge in [-0.05, 0) is 18.2 Å². The van der Waals surface area contributed by atoms with Gasteiger partial charge < -0.3 is 9.47 Å². The third-order valence-corrected chi connectivity index (χ3v) is 2.09. The first-order valence-corrected chi connectivity index (χ1v) is 4.90. The number of ether oxygens (including phenoxy) is 2. The SMILES string of the molecule is COc1ccc(Br)cc1OCCC#N. The molecule has 0 aromatic heterocycles. The van der Waals surface area contributed by atoms with Crippen LogP contribution in [0.3, 0.4) is 0 Å². The maximum atomic E-state index is 8.35. The molecule has 0 N–H and O–H groups in total. The number of rotatable bonds is 4. The molecule has 0 atom stereocenters. The van der Waals surface area contributed by atoms with E-state index in [2.05, 4.69) is 15.9 Å². The fourth-order valence-electron chi connectivity index (χ4n) is 0.970. The molecule has 0 unspecified atom stereocenters. The lowest BCUT2D eigenvalue weighted by atomic mass is 10.3. The van der Waals surface area contributed by atoms with Gasteiger partial charge in [0.25, 0.3) is 0 Å². The van der Waals surface area contributed by atoms with E-state index >= 15 is 0 Å². The van der Waals surface area contributed by atoms with Gasteiger partial charge in [0.2, 0.25) is 0 Å². The van der Waals surface area contributed by atoms with Crippen LogP contribution in [0, 0.1) is 11.3 Å². The van der Waals surface area contributed by atoms with E-state index in [0.717, 1.165) is 4.47 Å². The first kappa shape index (κ1) is 10.9. The highest BCUT2D eigenvalue weighted by Crippen LogP contribution is 2.30. The zero-order valence-electron chi connectivity index (χ0n) is 7.79. The number of halogens is 1. The molecule has 3 nitrogen and oxygen atoms in total. The van der Waals surface area contributed by atoms with E-state index < -0.39 is 0 Å². The summed E-state index contributed by atoms with van der Waals surface area (Å²) in [6, 6.07) is 7.51. The molecule has 0 radical (unpaired) electrons. The second-order valence-corrected chi connectivity index (χ2v) is 3.47. The van der Waals surface area contributed by atoms with E-state index in [0.29, 0.717) is 24.5 Å². The topological polar surface area (TPSA) is 42.2 Å². The van der Waals surface area contributed by atoms with Gasteiger partial charge in [-0.15, -0.1) is 0 Å². The minimum absolute atomic E-state index is 0.371. The number of nitrogens with zero attached hydrogens (tertiary/aromatic N) is 1. The van der Waals surface area contributed by atoms with Crippen LogP contribution in [0.25, 0.3) is 0 Å². The number of nitriles is 1. The van der Waals surface area contributed by atoms with E-state index in [-0.39, 0.29) is 0 Å².